The quantitative estimate of drug-likeness (QED) is 0.935. The molecule has 2 heterocycles. The summed E-state index contributed by atoms with van der Waals surface area (Å²) in [5.41, 5.74) is -0.270. The third-order valence-corrected chi connectivity index (χ3v) is 6.05. The lowest BCUT2D eigenvalue weighted by atomic mass is 9.85. The lowest BCUT2D eigenvalue weighted by molar-refractivity contribution is -0.0932. The van der Waals surface area contributed by atoms with Crippen molar-refractivity contribution in [2.75, 3.05) is 13.1 Å². The predicted molar refractivity (Wildman–Crippen MR) is 80.3 cm³/mol. The van der Waals surface area contributed by atoms with Gasteiger partial charge >= 0.3 is 0 Å². The van der Waals surface area contributed by atoms with Gasteiger partial charge < -0.3 is 5.11 Å². The lowest BCUT2D eigenvalue weighted by Gasteiger charge is -2.47. The number of aliphatic hydroxyl groups is 1. The summed E-state index contributed by atoms with van der Waals surface area (Å²) >= 11 is 0. The molecular formula is C15H18N2O3S. The number of β-amino-alcohol motifs (C(OH)–C–C–N with tert-alkyl or cyclic N) is 1. The SMILES string of the molecule is CC(C)C1(O)CN(S(=O)(=O)c2cccc3ncccc23)C1. The predicted octanol–water partition coefficient (Wildman–Crippen LogP) is 1.63. The highest BCUT2D eigenvalue weighted by Gasteiger charge is 2.49. The minimum absolute atomic E-state index is 0.0261. The molecule has 1 aromatic heterocycles. The molecule has 3 rings (SSSR count). The Hall–Kier alpha value is -1.50. The maximum atomic E-state index is 12.7. The molecule has 112 valence electrons. The number of sulfonamides is 1. The molecule has 1 saturated heterocycles. The van der Waals surface area contributed by atoms with Crippen LogP contribution in [0.2, 0.25) is 0 Å². The molecule has 0 bridgehead atoms. The van der Waals surface area contributed by atoms with Crippen molar-refractivity contribution in [2.24, 2.45) is 5.92 Å². The summed E-state index contributed by atoms with van der Waals surface area (Å²) < 4.78 is 26.8. The first-order chi connectivity index (χ1) is 9.84. The van der Waals surface area contributed by atoms with Crippen LogP contribution in [0.1, 0.15) is 13.8 Å². The summed E-state index contributed by atoms with van der Waals surface area (Å²) in [6, 6.07) is 8.54. The number of pyridine rings is 1. The van der Waals surface area contributed by atoms with Crippen molar-refractivity contribution in [3.05, 3.63) is 36.5 Å². The molecule has 1 aliphatic heterocycles. The van der Waals surface area contributed by atoms with Crippen LogP contribution >= 0.6 is 0 Å². The molecule has 21 heavy (non-hydrogen) atoms. The van der Waals surface area contributed by atoms with E-state index in [1.165, 1.54) is 4.31 Å². The van der Waals surface area contributed by atoms with Crippen LogP contribution in [0.3, 0.4) is 0 Å². The summed E-state index contributed by atoms with van der Waals surface area (Å²) in [5.74, 6) is 0.0261. The number of rotatable bonds is 3. The maximum Gasteiger partial charge on any atom is 0.243 e. The van der Waals surface area contributed by atoms with Crippen molar-refractivity contribution >= 4 is 20.9 Å². The van der Waals surface area contributed by atoms with Crippen LogP contribution in [0.4, 0.5) is 0 Å². The Bertz CT molecular complexity index is 775. The van der Waals surface area contributed by atoms with E-state index in [2.05, 4.69) is 4.98 Å². The molecule has 0 unspecified atom stereocenters. The lowest BCUT2D eigenvalue weighted by Crippen LogP contribution is -2.65. The second-order valence-corrected chi connectivity index (χ2v) is 7.76. The minimum Gasteiger partial charge on any atom is -0.387 e. The summed E-state index contributed by atoms with van der Waals surface area (Å²) in [7, 11) is -3.60. The number of aromatic nitrogens is 1. The van der Waals surface area contributed by atoms with Crippen molar-refractivity contribution in [1.82, 2.24) is 9.29 Å². The zero-order chi connectivity index (χ0) is 15.3. The van der Waals surface area contributed by atoms with Crippen LogP contribution in [-0.4, -0.2) is 41.5 Å². The fourth-order valence-corrected chi connectivity index (χ4v) is 4.30. The topological polar surface area (TPSA) is 70.5 Å². The van der Waals surface area contributed by atoms with Crippen molar-refractivity contribution in [3.63, 3.8) is 0 Å². The van der Waals surface area contributed by atoms with E-state index in [0.717, 1.165) is 0 Å². The smallest absolute Gasteiger partial charge is 0.243 e. The van der Waals surface area contributed by atoms with Gasteiger partial charge in [0.05, 0.1) is 16.0 Å². The van der Waals surface area contributed by atoms with Crippen molar-refractivity contribution in [1.29, 1.82) is 0 Å². The Labute approximate surface area is 124 Å². The van der Waals surface area contributed by atoms with Crippen molar-refractivity contribution < 1.29 is 13.5 Å². The summed E-state index contributed by atoms with van der Waals surface area (Å²) in [5, 5.41) is 10.9. The highest BCUT2D eigenvalue weighted by molar-refractivity contribution is 7.89. The van der Waals surface area contributed by atoms with Gasteiger partial charge in [0.25, 0.3) is 0 Å². The van der Waals surface area contributed by atoms with Gasteiger partial charge in [-0.2, -0.15) is 4.31 Å². The monoisotopic (exact) mass is 306 g/mol. The number of hydrogen-bond acceptors (Lipinski definition) is 4. The zero-order valence-electron chi connectivity index (χ0n) is 12.0. The van der Waals surface area contributed by atoms with Crippen LogP contribution in [0.5, 0.6) is 0 Å². The van der Waals surface area contributed by atoms with Crippen LogP contribution in [0, 0.1) is 5.92 Å². The number of nitrogens with zero attached hydrogens (tertiary/aromatic N) is 2. The fourth-order valence-electron chi connectivity index (χ4n) is 2.54. The van der Waals surface area contributed by atoms with E-state index in [1.807, 2.05) is 13.8 Å². The molecule has 1 N–H and O–H groups in total. The Morgan fingerprint density at radius 1 is 1.24 bits per heavy atom. The van der Waals surface area contributed by atoms with E-state index in [1.54, 1.807) is 36.5 Å². The highest BCUT2D eigenvalue weighted by atomic mass is 32.2. The van der Waals surface area contributed by atoms with Gasteiger partial charge in [-0.3, -0.25) is 4.98 Å². The fraction of sp³-hybridized carbons (Fsp3) is 0.400. The van der Waals surface area contributed by atoms with E-state index in [4.69, 9.17) is 0 Å². The molecule has 0 spiro atoms. The third-order valence-electron chi connectivity index (χ3n) is 4.20. The largest absolute Gasteiger partial charge is 0.387 e. The molecular weight excluding hydrogens is 288 g/mol. The van der Waals surface area contributed by atoms with Gasteiger partial charge in [0, 0.05) is 24.7 Å². The third kappa shape index (κ3) is 2.23. The molecule has 5 nitrogen and oxygen atoms in total. The average molecular weight is 306 g/mol. The van der Waals surface area contributed by atoms with Gasteiger partial charge in [-0.15, -0.1) is 0 Å². The molecule has 2 aromatic rings. The van der Waals surface area contributed by atoms with E-state index in [9.17, 15) is 13.5 Å². The van der Waals surface area contributed by atoms with Crippen molar-refractivity contribution in [3.8, 4) is 0 Å². The molecule has 6 heteroatoms. The van der Waals surface area contributed by atoms with E-state index in [0.29, 0.717) is 10.9 Å². The Kier molecular flexibility index (Phi) is 3.27. The first kappa shape index (κ1) is 14.4. The molecule has 1 fully saturated rings. The van der Waals surface area contributed by atoms with Gasteiger partial charge in [-0.1, -0.05) is 19.9 Å². The summed E-state index contributed by atoms with van der Waals surface area (Å²) in [4.78, 5) is 4.43. The molecule has 0 amide bonds. The number of hydrogen-bond donors (Lipinski definition) is 1. The summed E-state index contributed by atoms with van der Waals surface area (Å²) in [6.07, 6.45) is 1.64. The first-order valence-electron chi connectivity index (χ1n) is 6.91. The van der Waals surface area contributed by atoms with Gasteiger partial charge in [-0.25, -0.2) is 8.42 Å². The van der Waals surface area contributed by atoms with Crippen molar-refractivity contribution in [2.45, 2.75) is 24.3 Å². The van der Waals surface area contributed by atoms with E-state index >= 15 is 0 Å². The van der Waals surface area contributed by atoms with Gasteiger partial charge in [0.1, 0.15) is 0 Å². The maximum absolute atomic E-state index is 12.7. The summed E-state index contributed by atoms with van der Waals surface area (Å²) in [6.45, 7) is 4.07. The normalized spacial score (nSPS) is 18.9. The van der Waals surface area contributed by atoms with E-state index in [-0.39, 0.29) is 23.9 Å². The highest BCUT2D eigenvalue weighted by Crippen LogP contribution is 2.34. The Morgan fingerprint density at radius 2 is 1.95 bits per heavy atom. The molecule has 0 radical (unpaired) electrons. The van der Waals surface area contributed by atoms with Crippen LogP contribution in [0.25, 0.3) is 10.9 Å². The molecule has 0 atom stereocenters. The van der Waals surface area contributed by atoms with Crippen LogP contribution in [-0.2, 0) is 10.0 Å². The van der Waals surface area contributed by atoms with Crippen LogP contribution < -0.4 is 0 Å². The average Bonchev–Trinajstić information content (AvgIpc) is 2.42. The Morgan fingerprint density at radius 3 is 2.62 bits per heavy atom. The standard InChI is InChI=1S/C15H18N2O3S/c1-11(2)15(18)9-17(10-15)21(19,20)14-7-3-6-13-12(14)5-4-8-16-13/h3-8,11,18H,9-10H2,1-2H3. The molecule has 0 saturated carbocycles. The minimum atomic E-state index is -3.60. The van der Waals surface area contributed by atoms with E-state index < -0.39 is 15.6 Å². The number of benzene rings is 1. The second kappa shape index (κ2) is 4.76. The van der Waals surface area contributed by atoms with Crippen LogP contribution in [0.15, 0.2) is 41.4 Å². The first-order valence-corrected chi connectivity index (χ1v) is 8.35. The Balaban J connectivity index is 2.00. The van der Waals surface area contributed by atoms with Gasteiger partial charge in [-0.05, 0) is 30.2 Å². The van der Waals surface area contributed by atoms with Gasteiger partial charge in [0.2, 0.25) is 10.0 Å². The second-order valence-electron chi connectivity index (χ2n) is 5.86. The number of fused-ring (bicyclic) bond motifs is 1. The van der Waals surface area contributed by atoms with Gasteiger partial charge in [0.15, 0.2) is 0 Å². The zero-order valence-corrected chi connectivity index (χ0v) is 12.8. The molecule has 1 aliphatic rings. The molecule has 0 aliphatic carbocycles. The molecule has 1 aromatic carbocycles.